The lowest BCUT2D eigenvalue weighted by atomic mass is 10.1. The Morgan fingerprint density at radius 2 is 1.97 bits per heavy atom. The number of hydrogen-bond donors (Lipinski definition) is 1. The first-order valence-electron chi connectivity index (χ1n) is 11.5. The Hall–Kier alpha value is -3.55. The summed E-state index contributed by atoms with van der Waals surface area (Å²) in [5.41, 5.74) is 4.27. The molecule has 3 aromatic rings. The number of anilines is 1. The van der Waals surface area contributed by atoms with Crippen LogP contribution in [0.1, 0.15) is 30.3 Å². The van der Waals surface area contributed by atoms with Crippen LogP contribution in [-0.2, 0) is 6.54 Å². The molecule has 2 heterocycles. The van der Waals surface area contributed by atoms with Gasteiger partial charge in [-0.1, -0.05) is 29.8 Å². The summed E-state index contributed by atoms with van der Waals surface area (Å²) in [6.07, 6.45) is 2.61. The number of carbonyl (C=O) groups excluding carboxylic acids is 1. The van der Waals surface area contributed by atoms with Crippen LogP contribution in [0.2, 0.25) is 0 Å². The molecule has 0 atom stereocenters. The zero-order chi connectivity index (χ0) is 23.2. The van der Waals surface area contributed by atoms with Gasteiger partial charge in [-0.2, -0.15) is 5.10 Å². The lowest BCUT2D eigenvalue weighted by Crippen LogP contribution is -2.41. The van der Waals surface area contributed by atoms with Gasteiger partial charge in [-0.15, -0.1) is 0 Å². The van der Waals surface area contributed by atoms with E-state index in [9.17, 15) is 4.79 Å². The maximum absolute atomic E-state index is 12.8. The van der Waals surface area contributed by atoms with Crippen molar-refractivity contribution in [1.29, 1.82) is 0 Å². The number of benzene rings is 2. The highest BCUT2D eigenvalue weighted by molar-refractivity contribution is 5.74. The number of nitrogens with zero attached hydrogens (tertiary/aromatic N) is 5. The lowest BCUT2D eigenvalue weighted by molar-refractivity contribution is 0.201. The molecule has 8 heteroatoms. The number of carbonyl (C=O) groups is 1. The minimum atomic E-state index is -0.00902. The zero-order valence-electron chi connectivity index (χ0n) is 19.6. The van der Waals surface area contributed by atoms with E-state index in [4.69, 9.17) is 4.74 Å². The zero-order valence-corrected chi connectivity index (χ0v) is 19.6. The minimum absolute atomic E-state index is 0.00902. The topological polar surface area (TPSA) is 75.5 Å². The fourth-order valence-corrected chi connectivity index (χ4v) is 4.11. The van der Waals surface area contributed by atoms with Gasteiger partial charge < -0.3 is 19.9 Å². The fourth-order valence-electron chi connectivity index (χ4n) is 4.11. The number of rotatable bonds is 6. The van der Waals surface area contributed by atoms with Gasteiger partial charge in [0.25, 0.3) is 0 Å². The van der Waals surface area contributed by atoms with Crippen molar-refractivity contribution < 1.29 is 9.53 Å². The molecule has 0 saturated carbocycles. The van der Waals surface area contributed by atoms with E-state index >= 15 is 0 Å². The van der Waals surface area contributed by atoms with Gasteiger partial charge in [0, 0.05) is 44.5 Å². The van der Waals surface area contributed by atoms with Crippen LogP contribution in [0.25, 0.3) is 5.69 Å². The van der Waals surface area contributed by atoms with Crippen molar-refractivity contribution >= 4 is 11.7 Å². The van der Waals surface area contributed by atoms with Crippen LogP contribution in [0.5, 0.6) is 5.75 Å². The van der Waals surface area contributed by atoms with Crippen molar-refractivity contribution in [3.63, 3.8) is 0 Å². The van der Waals surface area contributed by atoms with E-state index in [0.29, 0.717) is 19.7 Å². The summed E-state index contributed by atoms with van der Waals surface area (Å²) in [7, 11) is 0. The molecular formula is C25H32N6O2. The molecule has 1 fully saturated rings. The van der Waals surface area contributed by atoms with E-state index in [-0.39, 0.29) is 6.03 Å². The molecule has 1 aliphatic heterocycles. The van der Waals surface area contributed by atoms with Crippen LogP contribution in [-0.4, -0.2) is 58.5 Å². The predicted octanol–water partition coefficient (Wildman–Crippen LogP) is 3.70. The van der Waals surface area contributed by atoms with Crippen molar-refractivity contribution in [3.05, 3.63) is 65.7 Å². The molecule has 0 bridgehead atoms. The van der Waals surface area contributed by atoms with Gasteiger partial charge in [-0.25, -0.2) is 14.5 Å². The summed E-state index contributed by atoms with van der Waals surface area (Å²) in [4.78, 5) is 21.2. The average Bonchev–Trinajstić information content (AvgIpc) is 3.09. The quantitative estimate of drug-likeness (QED) is 0.622. The second-order valence-electron chi connectivity index (χ2n) is 8.30. The SMILES string of the molecule is CCOc1cc(N2CCCN(C(=O)NCc3cccc(C)c3)CC2)ccc1-n1cnc(C)n1. The molecule has 33 heavy (non-hydrogen) atoms. The van der Waals surface area contributed by atoms with E-state index < -0.39 is 0 Å². The number of amides is 2. The van der Waals surface area contributed by atoms with Crippen molar-refractivity contribution in [2.75, 3.05) is 37.7 Å². The van der Waals surface area contributed by atoms with Crippen LogP contribution in [0.3, 0.4) is 0 Å². The van der Waals surface area contributed by atoms with Crippen LogP contribution in [0.4, 0.5) is 10.5 Å². The van der Waals surface area contributed by atoms with Gasteiger partial charge in [-0.3, -0.25) is 0 Å². The molecule has 0 radical (unpaired) electrons. The largest absolute Gasteiger partial charge is 0.492 e. The van der Waals surface area contributed by atoms with E-state index in [1.54, 1.807) is 11.0 Å². The summed E-state index contributed by atoms with van der Waals surface area (Å²) in [6, 6.07) is 14.4. The molecule has 0 spiro atoms. The van der Waals surface area contributed by atoms with Crippen LogP contribution < -0.4 is 15.0 Å². The lowest BCUT2D eigenvalue weighted by Gasteiger charge is -2.25. The molecule has 174 valence electrons. The van der Waals surface area contributed by atoms with Gasteiger partial charge in [0.05, 0.1) is 6.61 Å². The third-order valence-electron chi connectivity index (χ3n) is 5.77. The van der Waals surface area contributed by atoms with Gasteiger partial charge in [0.2, 0.25) is 0 Å². The molecule has 0 aliphatic carbocycles. The van der Waals surface area contributed by atoms with E-state index in [1.165, 1.54) is 5.56 Å². The maximum atomic E-state index is 12.8. The predicted molar refractivity (Wildman–Crippen MR) is 129 cm³/mol. The molecule has 2 aromatic carbocycles. The summed E-state index contributed by atoms with van der Waals surface area (Å²) >= 11 is 0. The molecule has 1 aliphatic rings. The summed E-state index contributed by atoms with van der Waals surface area (Å²) in [5.74, 6) is 1.49. The Morgan fingerprint density at radius 3 is 2.73 bits per heavy atom. The Balaban J connectivity index is 1.40. The fraction of sp³-hybridized carbons (Fsp3) is 0.400. The highest BCUT2D eigenvalue weighted by Gasteiger charge is 2.20. The molecular weight excluding hydrogens is 416 g/mol. The van der Waals surface area contributed by atoms with Crippen molar-refractivity contribution in [3.8, 4) is 11.4 Å². The molecule has 2 amide bonds. The first-order valence-corrected chi connectivity index (χ1v) is 11.5. The minimum Gasteiger partial charge on any atom is -0.492 e. The number of urea groups is 1. The van der Waals surface area contributed by atoms with Gasteiger partial charge in [0.15, 0.2) is 0 Å². The second kappa shape index (κ2) is 10.4. The van der Waals surface area contributed by atoms with Gasteiger partial charge >= 0.3 is 6.03 Å². The van der Waals surface area contributed by atoms with E-state index in [2.05, 4.69) is 51.5 Å². The first-order chi connectivity index (χ1) is 16.0. The smallest absolute Gasteiger partial charge is 0.317 e. The van der Waals surface area contributed by atoms with Crippen LogP contribution >= 0.6 is 0 Å². The molecule has 4 rings (SSSR count). The second-order valence-corrected chi connectivity index (χ2v) is 8.30. The molecule has 1 aromatic heterocycles. The number of nitrogens with one attached hydrogen (secondary N) is 1. The number of aromatic nitrogens is 3. The van der Waals surface area contributed by atoms with Gasteiger partial charge in [0.1, 0.15) is 23.6 Å². The number of hydrogen-bond acceptors (Lipinski definition) is 5. The number of aryl methyl sites for hydroxylation is 2. The third kappa shape index (κ3) is 5.63. The van der Waals surface area contributed by atoms with Crippen molar-refractivity contribution in [2.24, 2.45) is 0 Å². The Morgan fingerprint density at radius 1 is 1.09 bits per heavy atom. The monoisotopic (exact) mass is 448 g/mol. The standard InChI is InChI=1S/C25H32N6O2/c1-4-33-24-16-22(9-10-23(24)31-18-27-20(3)28-31)29-11-6-12-30(14-13-29)25(32)26-17-21-8-5-7-19(2)15-21/h5,7-10,15-16,18H,4,6,11-14,17H2,1-3H3,(H,26,32). The molecule has 1 N–H and O–H groups in total. The third-order valence-corrected chi connectivity index (χ3v) is 5.77. The summed E-state index contributed by atoms with van der Waals surface area (Å²) in [6.45, 7) is 10.1. The summed E-state index contributed by atoms with van der Waals surface area (Å²) < 4.78 is 7.66. The Bertz CT molecular complexity index is 1100. The molecule has 1 saturated heterocycles. The Labute approximate surface area is 195 Å². The van der Waals surface area contributed by atoms with E-state index in [1.807, 2.05) is 36.9 Å². The number of ether oxygens (including phenoxy) is 1. The van der Waals surface area contributed by atoms with Crippen LogP contribution in [0, 0.1) is 13.8 Å². The normalized spacial score (nSPS) is 14.2. The average molecular weight is 449 g/mol. The van der Waals surface area contributed by atoms with Crippen LogP contribution in [0.15, 0.2) is 48.8 Å². The Kier molecular flexibility index (Phi) is 7.12. The van der Waals surface area contributed by atoms with E-state index in [0.717, 1.165) is 54.6 Å². The van der Waals surface area contributed by atoms with Crippen molar-refractivity contribution in [1.82, 2.24) is 25.0 Å². The molecule has 8 nitrogen and oxygen atoms in total. The highest BCUT2D eigenvalue weighted by Crippen LogP contribution is 2.29. The highest BCUT2D eigenvalue weighted by atomic mass is 16.5. The summed E-state index contributed by atoms with van der Waals surface area (Å²) in [5, 5.41) is 7.48. The van der Waals surface area contributed by atoms with Gasteiger partial charge in [-0.05, 0) is 44.9 Å². The molecule has 0 unspecified atom stereocenters. The van der Waals surface area contributed by atoms with Crippen molar-refractivity contribution in [2.45, 2.75) is 33.7 Å². The first kappa shape index (κ1) is 22.6. The maximum Gasteiger partial charge on any atom is 0.317 e.